The average Bonchev–Trinajstić information content (AvgIpc) is 3.37. The average molecular weight is 440 g/mol. The molecule has 2 N–H and O–H groups in total. The van der Waals surface area contributed by atoms with Crippen molar-refractivity contribution in [2.24, 2.45) is 7.05 Å². The van der Waals surface area contributed by atoms with Crippen molar-refractivity contribution in [3.05, 3.63) is 79.4 Å². The highest BCUT2D eigenvalue weighted by Crippen LogP contribution is 2.41. The van der Waals surface area contributed by atoms with Crippen molar-refractivity contribution < 1.29 is 4.42 Å². The van der Waals surface area contributed by atoms with Gasteiger partial charge in [0.1, 0.15) is 0 Å². The Balaban J connectivity index is 1.74. The zero-order valence-corrected chi connectivity index (χ0v) is 18.3. The van der Waals surface area contributed by atoms with E-state index in [9.17, 15) is 0 Å². The molecule has 158 valence electrons. The summed E-state index contributed by atoms with van der Waals surface area (Å²) in [4.78, 5) is 4.80. The summed E-state index contributed by atoms with van der Waals surface area (Å²) in [5, 5.41) is 10.2. The normalized spacial score (nSPS) is 11.2. The van der Waals surface area contributed by atoms with Crippen LogP contribution in [0.15, 0.2) is 89.0 Å². The standard InChI is InChI=1S/C25H21N5OS/c1-3-14-32-25-29-28-23(30(25)2)22-21(26)20-18(16-10-6-4-7-11-16)15-19(27-24(20)31-22)17-12-8-5-9-13-17/h3-13,15H,1,14,26H2,2H3. The Morgan fingerprint density at radius 1 is 1.03 bits per heavy atom. The monoisotopic (exact) mass is 439 g/mol. The quantitative estimate of drug-likeness (QED) is 0.265. The molecule has 2 aromatic carbocycles. The van der Waals surface area contributed by atoms with Crippen LogP contribution in [0.3, 0.4) is 0 Å². The van der Waals surface area contributed by atoms with Crippen LogP contribution in [0.5, 0.6) is 0 Å². The van der Waals surface area contributed by atoms with E-state index in [0.29, 0.717) is 23.0 Å². The number of pyridine rings is 1. The highest BCUT2D eigenvalue weighted by atomic mass is 32.2. The molecule has 0 fully saturated rings. The van der Waals surface area contributed by atoms with Crippen molar-refractivity contribution in [2.45, 2.75) is 5.16 Å². The summed E-state index contributed by atoms with van der Waals surface area (Å²) in [6.07, 6.45) is 1.83. The smallest absolute Gasteiger partial charge is 0.230 e. The zero-order valence-electron chi connectivity index (χ0n) is 17.5. The molecule has 0 unspecified atom stereocenters. The molecule has 0 saturated heterocycles. The fourth-order valence-electron chi connectivity index (χ4n) is 3.66. The highest BCUT2D eigenvalue weighted by Gasteiger charge is 2.24. The largest absolute Gasteiger partial charge is 0.432 e. The number of thioether (sulfide) groups is 1. The first kappa shape index (κ1) is 20.1. The summed E-state index contributed by atoms with van der Waals surface area (Å²) in [6, 6.07) is 22.2. The van der Waals surface area contributed by atoms with Gasteiger partial charge in [0, 0.05) is 18.4 Å². The molecule has 0 amide bonds. The van der Waals surface area contributed by atoms with Crippen LogP contribution in [0.1, 0.15) is 0 Å². The topological polar surface area (TPSA) is 82.8 Å². The Hall–Kier alpha value is -3.84. The molecule has 0 bridgehead atoms. The first-order valence-corrected chi connectivity index (χ1v) is 11.1. The molecule has 0 radical (unpaired) electrons. The van der Waals surface area contributed by atoms with Crippen molar-refractivity contribution in [1.82, 2.24) is 19.7 Å². The molecular weight excluding hydrogens is 418 g/mol. The van der Waals surface area contributed by atoms with Crippen LogP contribution >= 0.6 is 11.8 Å². The first-order valence-electron chi connectivity index (χ1n) is 10.1. The predicted octanol–water partition coefficient (Wildman–Crippen LogP) is 5.82. The minimum absolute atomic E-state index is 0.468. The van der Waals surface area contributed by atoms with Gasteiger partial charge in [-0.25, -0.2) is 4.98 Å². The second-order valence-electron chi connectivity index (χ2n) is 7.28. The van der Waals surface area contributed by atoms with Gasteiger partial charge in [-0.3, -0.25) is 0 Å². The van der Waals surface area contributed by atoms with Gasteiger partial charge >= 0.3 is 0 Å². The van der Waals surface area contributed by atoms with Gasteiger partial charge in [-0.05, 0) is 17.2 Å². The number of fused-ring (bicyclic) bond motifs is 1. The lowest BCUT2D eigenvalue weighted by Gasteiger charge is -2.07. The molecule has 6 nitrogen and oxygen atoms in total. The molecular formula is C25H21N5OS. The molecule has 0 atom stereocenters. The van der Waals surface area contributed by atoms with Gasteiger partial charge in [-0.1, -0.05) is 78.5 Å². The number of anilines is 1. The zero-order chi connectivity index (χ0) is 22.1. The minimum Gasteiger partial charge on any atom is -0.432 e. The Bertz CT molecular complexity index is 1410. The summed E-state index contributed by atoms with van der Waals surface area (Å²) in [5.74, 6) is 1.77. The second-order valence-corrected chi connectivity index (χ2v) is 8.26. The summed E-state index contributed by atoms with van der Waals surface area (Å²) < 4.78 is 8.10. The van der Waals surface area contributed by atoms with E-state index in [-0.39, 0.29) is 0 Å². The maximum atomic E-state index is 6.64. The van der Waals surface area contributed by atoms with Crippen LogP contribution < -0.4 is 5.73 Å². The number of furan rings is 1. The lowest BCUT2D eigenvalue weighted by molar-refractivity contribution is 0.608. The molecule has 32 heavy (non-hydrogen) atoms. The Kier molecular flexibility index (Phi) is 5.25. The van der Waals surface area contributed by atoms with Crippen LogP contribution in [-0.4, -0.2) is 25.5 Å². The third-order valence-electron chi connectivity index (χ3n) is 5.22. The van der Waals surface area contributed by atoms with Crippen molar-refractivity contribution in [1.29, 1.82) is 0 Å². The minimum atomic E-state index is 0.468. The molecule has 0 spiro atoms. The third-order valence-corrected chi connectivity index (χ3v) is 6.24. The number of aromatic nitrogens is 4. The number of nitrogen functional groups attached to an aromatic ring is 1. The second kappa shape index (κ2) is 8.36. The molecule has 0 saturated carbocycles. The van der Waals surface area contributed by atoms with Crippen molar-refractivity contribution in [3.8, 4) is 34.0 Å². The van der Waals surface area contributed by atoms with Crippen molar-refractivity contribution in [2.75, 3.05) is 11.5 Å². The van der Waals surface area contributed by atoms with E-state index < -0.39 is 0 Å². The Labute approximate surface area is 189 Å². The Morgan fingerprint density at radius 2 is 1.72 bits per heavy atom. The number of rotatable bonds is 6. The number of hydrogen-bond acceptors (Lipinski definition) is 6. The van der Waals surface area contributed by atoms with Gasteiger partial charge in [0.25, 0.3) is 0 Å². The summed E-state index contributed by atoms with van der Waals surface area (Å²) in [5.41, 5.74) is 11.4. The first-order chi connectivity index (χ1) is 15.7. The maximum Gasteiger partial charge on any atom is 0.230 e. The van der Waals surface area contributed by atoms with Crippen LogP contribution in [0.25, 0.3) is 45.1 Å². The van der Waals surface area contributed by atoms with Crippen LogP contribution in [-0.2, 0) is 7.05 Å². The summed E-state index contributed by atoms with van der Waals surface area (Å²) >= 11 is 1.55. The number of hydrogen-bond donors (Lipinski definition) is 1. The number of nitrogens with two attached hydrogens (primary N) is 1. The van der Waals surface area contributed by atoms with E-state index >= 15 is 0 Å². The molecule has 5 rings (SSSR count). The highest BCUT2D eigenvalue weighted by molar-refractivity contribution is 7.99. The van der Waals surface area contributed by atoms with Gasteiger partial charge < -0.3 is 14.7 Å². The summed E-state index contributed by atoms with van der Waals surface area (Å²) in [6.45, 7) is 3.76. The predicted molar refractivity (Wildman–Crippen MR) is 130 cm³/mol. The van der Waals surface area contributed by atoms with Crippen LogP contribution in [0.2, 0.25) is 0 Å². The SMILES string of the molecule is C=CCSc1nnc(-c2oc3nc(-c4ccccc4)cc(-c4ccccc4)c3c2N)n1C. The molecule has 0 aliphatic heterocycles. The van der Waals surface area contributed by atoms with Gasteiger partial charge in [-0.2, -0.15) is 0 Å². The Morgan fingerprint density at radius 3 is 2.41 bits per heavy atom. The summed E-state index contributed by atoms with van der Waals surface area (Å²) in [7, 11) is 1.90. The molecule has 3 aromatic heterocycles. The number of benzene rings is 2. The van der Waals surface area contributed by atoms with Crippen molar-refractivity contribution in [3.63, 3.8) is 0 Å². The molecule has 0 aliphatic rings. The fourth-order valence-corrected chi connectivity index (χ4v) is 4.31. The van der Waals surface area contributed by atoms with Crippen LogP contribution in [0.4, 0.5) is 5.69 Å². The molecule has 7 heteroatoms. The lowest BCUT2D eigenvalue weighted by atomic mass is 9.99. The van der Waals surface area contributed by atoms with E-state index in [1.54, 1.807) is 11.8 Å². The van der Waals surface area contributed by atoms with Gasteiger partial charge in [0.2, 0.25) is 11.5 Å². The number of nitrogens with zero attached hydrogens (tertiary/aromatic N) is 4. The van der Waals surface area contributed by atoms with Crippen LogP contribution in [0, 0.1) is 0 Å². The van der Waals surface area contributed by atoms with E-state index in [2.05, 4.69) is 35.0 Å². The molecule has 3 heterocycles. The van der Waals surface area contributed by atoms with E-state index in [4.69, 9.17) is 15.1 Å². The third kappa shape index (κ3) is 3.46. The van der Waals surface area contributed by atoms with E-state index in [1.165, 1.54) is 0 Å². The molecule has 0 aliphatic carbocycles. The van der Waals surface area contributed by atoms with E-state index in [0.717, 1.165) is 38.7 Å². The maximum absolute atomic E-state index is 6.64. The fraction of sp³-hybridized carbons (Fsp3) is 0.0800. The van der Waals surface area contributed by atoms with Gasteiger partial charge in [0.05, 0.1) is 16.8 Å². The molecule has 5 aromatic rings. The van der Waals surface area contributed by atoms with Gasteiger partial charge in [0.15, 0.2) is 10.9 Å². The van der Waals surface area contributed by atoms with Gasteiger partial charge in [-0.15, -0.1) is 16.8 Å². The van der Waals surface area contributed by atoms with Crippen molar-refractivity contribution >= 4 is 28.5 Å². The van der Waals surface area contributed by atoms with E-state index in [1.807, 2.05) is 66.2 Å². The lowest BCUT2D eigenvalue weighted by Crippen LogP contribution is -1.96.